The van der Waals surface area contributed by atoms with Gasteiger partial charge in [-0.05, 0) is 37.1 Å². The highest BCUT2D eigenvalue weighted by molar-refractivity contribution is 7.13. The molecule has 3 aromatic rings. The number of hydrogen-bond donors (Lipinski definition) is 2. The van der Waals surface area contributed by atoms with E-state index in [4.69, 9.17) is 0 Å². The summed E-state index contributed by atoms with van der Waals surface area (Å²) >= 11 is 1.57. The summed E-state index contributed by atoms with van der Waals surface area (Å²) in [5.74, 6) is 1.44. The Hall–Kier alpha value is -2.74. The van der Waals surface area contributed by atoms with E-state index in [9.17, 15) is 9.59 Å². The van der Waals surface area contributed by atoms with Crippen molar-refractivity contribution in [1.82, 2.24) is 19.7 Å². The number of nitrogens with one attached hydrogen (secondary N) is 2. The van der Waals surface area contributed by atoms with E-state index in [0.717, 1.165) is 17.0 Å². The number of anilines is 1. The molecular formula is C22H27N5O2S. The number of hydrogen-bond acceptors (Lipinski definition) is 5. The number of rotatable bonds is 7. The quantitative estimate of drug-likeness (QED) is 0.584. The molecule has 1 amide bonds. The molecule has 3 aromatic heterocycles. The van der Waals surface area contributed by atoms with Gasteiger partial charge in [-0.15, -0.1) is 11.3 Å². The van der Waals surface area contributed by atoms with Crippen LogP contribution in [0, 0.1) is 12.8 Å². The number of carbonyl (C=O) groups is 1. The van der Waals surface area contributed by atoms with Gasteiger partial charge >= 0.3 is 0 Å². The lowest BCUT2D eigenvalue weighted by Gasteiger charge is -2.11. The molecule has 3 heterocycles. The number of aromatic nitrogens is 4. The predicted molar refractivity (Wildman–Crippen MR) is 119 cm³/mol. The molecule has 8 heteroatoms. The van der Waals surface area contributed by atoms with Crippen molar-refractivity contribution < 1.29 is 4.79 Å². The fourth-order valence-electron chi connectivity index (χ4n) is 4.13. The minimum Gasteiger partial charge on any atom is -0.310 e. The highest BCUT2D eigenvalue weighted by atomic mass is 32.1. The number of carbonyl (C=O) groups excluding carboxylic acids is 1. The molecule has 7 nitrogen and oxygen atoms in total. The summed E-state index contributed by atoms with van der Waals surface area (Å²) in [6.07, 6.45) is 7.01. The number of aryl methyl sites for hydroxylation is 1. The van der Waals surface area contributed by atoms with Crippen LogP contribution >= 0.6 is 11.3 Å². The summed E-state index contributed by atoms with van der Waals surface area (Å²) in [6.45, 7) is 3.75. The topological polar surface area (TPSA) is 92.7 Å². The van der Waals surface area contributed by atoms with Crippen LogP contribution in [0.3, 0.4) is 0 Å². The van der Waals surface area contributed by atoms with Gasteiger partial charge in [0.15, 0.2) is 0 Å². The number of aromatic amines is 1. The molecule has 1 saturated carbocycles. The van der Waals surface area contributed by atoms with E-state index in [1.807, 2.05) is 37.4 Å². The number of amides is 1. The van der Waals surface area contributed by atoms with Gasteiger partial charge in [-0.3, -0.25) is 14.6 Å². The van der Waals surface area contributed by atoms with Crippen LogP contribution in [0.1, 0.15) is 56.7 Å². The van der Waals surface area contributed by atoms with Crippen LogP contribution in [0.15, 0.2) is 28.4 Å². The summed E-state index contributed by atoms with van der Waals surface area (Å²) in [5.41, 5.74) is 1.89. The van der Waals surface area contributed by atoms with Crippen LogP contribution in [-0.2, 0) is 11.2 Å². The van der Waals surface area contributed by atoms with E-state index >= 15 is 0 Å². The molecule has 0 aromatic carbocycles. The van der Waals surface area contributed by atoms with Crippen LogP contribution in [0.5, 0.6) is 0 Å². The predicted octanol–water partition coefficient (Wildman–Crippen LogP) is 4.46. The molecule has 0 radical (unpaired) electrons. The maximum atomic E-state index is 12.6. The SMILES string of the molecule is CCc1c(C)nc(-n2nc(-c3cccs3)cc2NC(=O)CCC2CCCC2)[nH]c1=O. The molecule has 0 saturated heterocycles. The van der Waals surface area contributed by atoms with Crippen LogP contribution in [-0.4, -0.2) is 25.7 Å². The molecular weight excluding hydrogens is 398 g/mol. The zero-order valence-corrected chi connectivity index (χ0v) is 18.2. The molecule has 4 rings (SSSR count). The largest absolute Gasteiger partial charge is 0.310 e. The van der Waals surface area contributed by atoms with E-state index in [0.29, 0.717) is 41.8 Å². The van der Waals surface area contributed by atoms with E-state index in [1.165, 1.54) is 30.4 Å². The van der Waals surface area contributed by atoms with E-state index in [-0.39, 0.29) is 11.5 Å². The maximum absolute atomic E-state index is 12.6. The van der Waals surface area contributed by atoms with E-state index in [1.54, 1.807) is 11.3 Å². The fraction of sp³-hybridized carbons (Fsp3) is 0.455. The molecule has 1 fully saturated rings. The van der Waals surface area contributed by atoms with Gasteiger partial charge in [-0.2, -0.15) is 9.78 Å². The van der Waals surface area contributed by atoms with Crippen LogP contribution < -0.4 is 10.9 Å². The third-order valence-corrected chi connectivity index (χ3v) is 6.66. The standard InChI is InChI=1S/C22H27N5O2S/c1-3-16-14(2)23-22(25-21(16)29)27-19(13-17(26-27)18-9-6-12-30-18)24-20(28)11-10-15-7-4-5-8-15/h6,9,12-13,15H,3-5,7-8,10-11H2,1-2H3,(H,24,28)(H,23,25,29). The van der Waals surface area contributed by atoms with Gasteiger partial charge in [0.25, 0.3) is 5.56 Å². The summed E-state index contributed by atoms with van der Waals surface area (Å²) in [4.78, 5) is 33.5. The van der Waals surface area contributed by atoms with Gasteiger partial charge in [0.05, 0.1) is 4.88 Å². The summed E-state index contributed by atoms with van der Waals surface area (Å²) in [7, 11) is 0. The van der Waals surface area contributed by atoms with Crippen molar-refractivity contribution in [2.75, 3.05) is 5.32 Å². The second-order valence-electron chi connectivity index (χ2n) is 7.85. The Morgan fingerprint density at radius 1 is 1.37 bits per heavy atom. The molecule has 0 atom stereocenters. The average molecular weight is 426 g/mol. The second-order valence-corrected chi connectivity index (χ2v) is 8.80. The van der Waals surface area contributed by atoms with Crippen LogP contribution in [0.25, 0.3) is 16.5 Å². The highest BCUT2D eigenvalue weighted by Crippen LogP contribution is 2.30. The zero-order chi connectivity index (χ0) is 21.1. The molecule has 0 bridgehead atoms. The first-order chi connectivity index (χ1) is 14.5. The van der Waals surface area contributed by atoms with Crippen molar-refractivity contribution in [3.05, 3.63) is 45.2 Å². The average Bonchev–Trinajstić information content (AvgIpc) is 3.47. The smallest absolute Gasteiger partial charge is 0.255 e. The van der Waals surface area contributed by atoms with Gasteiger partial charge in [0.1, 0.15) is 11.5 Å². The zero-order valence-electron chi connectivity index (χ0n) is 17.4. The van der Waals surface area contributed by atoms with Crippen molar-refractivity contribution >= 4 is 23.1 Å². The Kier molecular flexibility index (Phi) is 6.13. The van der Waals surface area contributed by atoms with Gasteiger partial charge in [-0.1, -0.05) is 38.7 Å². The molecule has 30 heavy (non-hydrogen) atoms. The first kappa shape index (κ1) is 20.5. The van der Waals surface area contributed by atoms with E-state index < -0.39 is 0 Å². The first-order valence-corrected chi connectivity index (χ1v) is 11.5. The summed E-state index contributed by atoms with van der Waals surface area (Å²) in [5, 5.41) is 9.60. The van der Waals surface area contributed by atoms with Gasteiger partial charge < -0.3 is 5.32 Å². The highest BCUT2D eigenvalue weighted by Gasteiger charge is 2.19. The number of thiophene rings is 1. The molecule has 0 aliphatic heterocycles. The van der Waals surface area contributed by atoms with Crippen molar-refractivity contribution in [2.24, 2.45) is 5.92 Å². The Bertz CT molecular complexity index is 1080. The normalized spacial score (nSPS) is 14.3. The lowest BCUT2D eigenvalue weighted by atomic mass is 10.0. The Labute approximate surface area is 179 Å². The van der Waals surface area contributed by atoms with Crippen LogP contribution in [0.2, 0.25) is 0 Å². The molecule has 0 spiro atoms. The lowest BCUT2D eigenvalue weighted by Crippen LogP contribution is -2.22. The minimum atomic E-state index is -0.174. The second kappa shape index (κ2) is 8.95. The minimum absolute atomic E-state index is 0.0370. The van der Waals surface area contributed by atoms with Crippen LogP contribution in [0.4, 0.5) is 5.82 Å². The van der Waals surface area contributed by atoms with Gasteiger partial charge in [0.2, 0.25) is 11.9 Å². The lowest BCUT2D eigenvalue weighted by molar-refractivity contribution is -0.116. The van der Waals surface area contributed by atoms with Crippen molar-refractivity contribution in [2.45, 2.75) is 58.8 Å². The molecule has 0 unspecified atom stereocenters. The molecule has 1 aliphatic rings. The third-order valence-electron chi connectivity index (χ3n) is 5.77. The van der Waals surface area contributed by atoms with Gasteiger partial charge in [0, 0.05) is 23.7 Å². The Balaban J connectivity index is 1.63. The fourth-order valence-corrected chi connectivity index (χ4v) is 4.81. The van der Waals surface area contributed by atoms with Gasteiger partial charge in [-0.25, -0.2) is 4.98 Å². The molecule has 1 aliphatic carbocycles. The summed E-state index contributed by atoms with van der Waals surface area (Å²) < 4.78 is 1.52. The number of nitrogens with zero attached hydrogens (tertiary/aromatic N) is 3. The first-order valence-electron chi connectivity index (χ1n) is 10.6. The maximum Gasteiger partial charge on any atom is 0.255 e. The monoisotopic (exact) mass is 425 g/mol. The van der Waals surface area contributed by atoms with E-state index in [2.05, 4.69) is 20.4 Å². The Morgan fingerprint density at radius 2 is 2.17 bits per heavy atom. The van der Waals surface area contributed by atoms with Crippen molar-refractivity contribution in [3.8, 4) is 16.5 Å². The number of H-pyrrole nitrogens is 1. The van der Waals surface area contributed by atoms with Crippen molar-refractivity contribution in [3.63, 3.8) is 0 Å². The third kappa shape index (κ3) is 4.38. The molecule has 2 N–H and O–H groups in total. The Morgan fingerprint density at radius 3 is 2.83 bits per heavy atom. The van der Waals surface area contributed by atoms with Crippen molar-refractivity contribution in [1.29, 1.82) is 0 Å². The molecule has 158 valence electrons. The summed E-state index contributed by atoms with van der Waals surface area (Å²) in [6, 6.07) is 5.77.